The minimum absolute atomic E-state index is 0.310. The van der Waals surface area contributed by atoms with Crippen molar-refractivity contribution in [1.82, 2.24) is 4.57 Å². The molecule has 0 bridgehead atoms. The van der Waals surface area contributed by atoms with Gasteiger partial charge in [0.05, 0.1) is 5.69 Å². The van der Waals surface area contributed by atoms with Crippen molar-refractivity contribution in [3.05, 3.63) is 117 Å². The molecular weight excluding hydrogens is 545 g/mol. The number of nitrogens with zero attached hydrogens (tertiary/aromatic N) is 3. The van der Waals surface area contributed by atoms with Gasteiger partial charge in [-0.25, -0.2) is 4.99 Å². The van der Waals surface area contributed by atoms with Gasteiger partial charge in [0, 0.05) is 37.9 Å². The third kappa shape index (κ3) is 4.33. The zero-order valence-corrected chi connectivity index (χ0v) is 21.5. The largest absolute Gasteiger partial charge is 0.436 e. The van der Waals surface area contributed by atoms with Gasteiger partial charge in [-0.05, 0) is 60.2 Å². The van der Waals surface area contributed by atoms with E-state index in [0.717, 1.165) is 39.3 Å². The lowest BCUT2D eigenvalue weighted by atomic mass is 9.98. The summed E-state index contributed by atoms with van der Waals surface area (Å²) in [7, 11) is 0. The summed E-state index contributed by atoms with van der Waals surface area (Å²) < 4.78 is 9.65. The first-order valence-electron chi connectivity index (χ1n) is 11.2. The third-order valence-corrected chi connectivity index (χ3v) is 6.90. The lowest BCUT2D eigenvalue weighted by Gasteiger charge is -2.11. The van der Waals surface area contributed by atoms with E-state index in [4.69, 9.17) is 4.42 Å². The van der Waals surface area contributed by atoms with Crippen LogP contribution in [-0.2, 0) is 0 Å². The number of aromatic nitrogens is 1. The molecule has 5 rings (SSSR count). The number of hydrogen-bond donors (Lipinski definition) is 0. The van der Waals surface area contributed by atoms with Crippen molar-refractivity contribution in [2.45, 2.75) is 13.8 Å². The fourth-order valence-corrected chi connectivity index (χ4v) is 4.97. The first kappa shape index (κ1) is 22.9. The van der Waals surface area contributed by atoms with E-state index in [2.05, 4.69) is 70.3 Å². The number of nitriles is 1. The molecule has 0 saturated carbocycles. The van der Waals surface area contributed by atoms with Gasteiger partial charge < -0.3 is 8.98 Å². The van der Waals surface area contributed by atoms with Gasteiger partial charge >= 0.3 is 0 Å². The molecule has 4 nitrogen and oxygen atoms in total. The average molecular weight is 567 g/mol. The van der Waals surface area contributed by atoms with Gasteiger partial charge in [0.25, 0.3) is 0 Å². The number of aryl methyl sites for hydroxylation is 1. The quantitative estimate of drug-likeness (QED) is 0.159. The van der Waals surface area contributed by atoms with Crippen LogP contribution < -0.4 is 0 Å². The van der Waals surface area contributed by atoms with Gasteiger partial charge in [0.1, 0.15) is 17.4 Å². The lowest BCUT2D eigenvalue weighted by molar-refractivity contribution is 0.593. The summed E-state index contributed by atoms with van der Waals surface area (Å²) in [6.45, 7) is 4.16. The van der Waals surface area contributed by atoms with E-state index in [9.17, 15) is 5.26 Å². The highest BCUT2D eigenvalue weighted by atomic mass is 127. The predicted molar refractivity (Wildman–Crippen MR) is 150 cm³/mol. The summed E-state index contributed by atoms with van der Waals surface area (Å²) >= 11 is 2.36. The van der Waals surface area contributed by atoms with E-state index >= 15 is 0 Å². The SMILES string of the molecule is Cc1cc(C=Nc2oc(-c3ccccc3)c(-c3ccccc3)c2C#N)c(C)n1-c1ccccc1I. The predicted octanol–water partition coefficient (Wildman–Crippen LogP) is 8.25. The monoisotopic (exact) mass is 567 g/mol. The van der Waals surface area contributed by atoms with E-state index < -0.39 is 0 Å². The molecule has 0 aliphatic carbocycles. The molecule has 5 heteroatoms. The van der Waals surface area contributed by atoms with Gasteiger partial charge in [-0.2, -0.15) is 5.26 Å². The highest BCUT2D eigenvalue weighted by Gasteiger charge is 2.22. The van der Waals surface area contributed by atoms with Crippen LogP contribution in [0, 0.1) is 28.7 Å². The smallest absolute Gasteiger partial charge is 0.238 e. The molecular formula is C30H22IN3O. The number of aliphatic imine (C=N–C) groups is 1. The summed E-state index contributed by atoms with van der Waals surface area (Å²) in [5, 5.41) is 10.1. The second-order valence-corrected chi connectivity index (χ2v) is 9.36. The summed E-state index contributed by atoms with van der Waals surface area (Å²) in [4.78, 5) is 4.68. The van der Waals surface area contributed by atoms with Crippen molar-refractivity contribution in [3.8, 4) is 34.2 Å². The Morgan fingerprint density at radius 2 is 1.51 bits per heavy atom. The summed E-state index contributed by atoms with van der Waals surface area (Å²) in [6.07, 6.45) is 1.79. The Labute approximate surface area is 218 Å². The third-order valence-electron chi connectivity index (χ3n) is 5.98. The van der Waals surface area contributed by atoms with Crippen molar-refractivity contribution in [2.75, 3.05) is 0 Å². The van der Waals surface area contributed by atoms with E-state index in [1.165, 1.54) is 3.57 Å². The van der Waals surface area contributed by atoms with Crippen LogP contribution in [0.2, 0.25) is 0 Å². The van der Waals surface area contributed by atoms with Crippen LogP contribution in [-0.4, -0.2) is 10.8 Å². The van der Waals surface area contributed by atoms with Crippen molar-refractivity contribution in [1.29, 1.82) is 5.26 Å². The lowest BCUT2D eigenvalue weighted by Crippen LogP contribution is -2.01. The molecule has 0 aliphatic heterocycles. The molecule has 0 amide bonds. The number of benzene rings is 3. The first-order valence-corrected chi connectivity index (χ1v) is 12.3. The van der Waals surface area contributed by atoms with Crippen molar-refractivity contribution in [2.24, 2.45) is 4.99 Å². The van der Waals surface area contributed by atoms with Crippen LogP contribution in [0.3, 0.4) is 0 Å². The molecule has 0 saturated heterocycles. The minimum Gasteiger partial charge on any atom is -0.436 e. The average Bonchev–Trinajstić information content (AvgIpc) is 3.40. The van der Waals surface area contributed by atoms with E-state index in [0.29, 0.717) is 17.2 Å². The van der Waals surface area contributed by atoms with E-state index in [1.54, 1.807) is 6.21 Å². The molecule has 35 heavy (non-hydrogen) atoms. The van der Waals surface area contributed by atoms with Crippen LogP contribution in [0.25, 0.3) is 28.1 Å². The maximum absolute atomic E-state index is 10.1. The molecule has 0 fully saturated rings. The van der Waals surface area contributed by atoms with Gasteiger partial charge in [0.15, 0.2) is 0 Å². The number of rotatable bonds is 5. The Balaban J connectivity index is 1.63. The molecule has 5 aromatic rings. The fourth-order valence-electron chi connectivity index (χ4n) is 4.34. The van der Waals surface area contributed by atoms with Crippen LogP contribution in [0.1, 0.15) is 22.5 Å². The van der Waals surface area contributed by atoms with Gasteiger partial charge in [-0.15, -0.1) is 0 Å². The maximum Gasteiger partial charge on any atom is 0.238 e. The fraction of sp³-hybridized carbons (Fsp3) is 0.0667. The molecule has 0 unspecified atom stereocenters. The van der Waals surface area contributed by atoms with Crippen molar-refractivity contribution >= 4 is 34.7 Å². The molecule has 0 N–H and O–H groups in total. The Kier molecular flexibility index (Phi) is 6.39. The summed E-state index contributed by atoms with van der Waals surface area (Å²) in [5.41, 5.74) is 7.32. The standard InChI is InChI=1S/C30H22IN3O/c1-20-17-24(21(2)34(20)27-16-10-9-15-26(27)31)19-33-30-25(18-32)28(22-11-5-3-6-12-22)29(35-30)23-13-7-4-8-14-23/h3-17,19H,1-2H3. The highest BCUT2D eigenvalue weighted by molar-refractivity contribution is 14.1. The Hall–Kier alpha value is -3.89. The molecule has 2 heterocycles. The molecule has 170 valence electrons. The Morgan fingerprint density at radius 3 is 2.17 bits per heavy atom. The number of furan rings is 1. The van der Waals surface area contributed by atoms with Gasteiger partial charge in [-0.1, -0.05) is 72.8 Å². The van der Waals surface area contributed by atoms with Crippen LogP contribution >= 0.6 is 22.6 Å². The number of hydrogen-bond acceptors (Lipinski definition) is 3. The van der Waals surface area contributed by atoms with Gasteiger partial charge in [0.2, 0.25) is 5.88 Å². The van der Waals surface area contributed by atoms with Crippen LogP contribution in [0.4, 0.5) is 5.88 Å². The van der Waals surface area contributed by atoms with Gasteiger partial charge in [-0.3, -0.25) is 0 Å². The summed E-state index contributed by atoms with van der Waals surface area (Å²) in [6, 6.07) is 32.4. The van der Waals surface area contributed by atoms with E-state index in [-0.39, 0.29) is 0 Å². The Bertz CT molecular complexity index is 1570. The molecule has 0 radical (unpaired) electrons. The number of para-hydroxylation sites is 1. The van der Waals surface area contributed by atoms with Crippen molar-refractivity contribution in [3.63, 3.8) is 0 Å². The normalized spacial score (nSPS) is 11.1. The Morgan fingerprint density at radius 1 is 0.886 bits per heavy atom. The zero-order valence-electron chi connectivity index (χ0n) is 19.4. The zero-order chi connectivity index (χ0) is 24.4. The van der Waals surface area contributed by atoms with Crippen LogP contribution in [0.5, 0.6) is 0 Å². The highest BCUT2D eigenvalue weighted by Crippen LogP contribution is 2.42. The topological polar surface area (TPSA) is 54.2 Å². The second kappa shape index (κ2) is 9.77. The maximum atomic E-state index is 10.1. The van der Waals surface area contributed by atoms with Crippen LogP contribution in [0.15, 0.2) is 100 Å². The van der Waals surface area contributed by atoms with E-state index in [1.807, 2.05) is 72.8 Å². The summed E-state index contributed by atoms with van der Waals surface area (Å²) in [5.74, 6) is 0.953. The number of halogens is 1. The molecule has 0 aliphatic rings. The molecule has 0 atom stereocenters. The van der Waals surface area contributed by atoms with Crippen molar-refractivity contribution < 1.29 is 4.42 Å². The second-order valence-electron chi connectivity index (χ2n) is 8.20. The first-order chi connectivity index (χ1) is 17.1. The molecule has 2 aromatic heterocycles. The molecule has 3 aromatic carbocycles. The molecule has 0 spiro atoms. The minimum atomic E-state index is 0.310.